The lowest BCUT2D eigenvalue weighted by molar-refractivity contribution is 0.0525. The minimum Gasteiger partial charge on any atom is -0.462 e. The summed E-state index contributed by atoms with van der Waals surface area (Å²) in [7, 11) is 0. The average Bonchev–Trinajstić information content (AvgIpc) is 2.56. The van der Waals surface area contributed by atoms with Gasteiger partial charge in [0.1, 0.15) is 5.82 Å². The lowest BCUT2D eigenvalue weighted by atomic mass is 10.2. The molecule has 0 saturated carbocycles. The second-order valence-electron chi connectivity index (χ2n) is 4.76. The van der Waals surface area contributed by atoms with Crippen molar-refractivity contribution in [2.24, 2.45) is 0 Å². The molecule has 1 heterocycles. The smallest absolute Gasteiger partial charge is 0.341 e. The third kappa shape index (κ3) is 4.56. The third-order valence-electron chi connectivity index (χ3n) is 3.04. The minimum atomic E-state index is -0.378. The first-order chi connectivity index (χ1) is 10.7. The largest absolute Gasteiger partial charge is 0.462 e. The fourth-order valence-electron chi connectivity index (χ4n) is 1.99. The van der Waals surface area contributed by atoms with Crippen molar-refractivity contribution in [3.8, 4) is 0 Å². The van der Waals surface area contributed by atoms with Gasteiger partial charge in [0.15, 0.2) is 0 Å². The quantitative estimate of drug-likeness (QED) is 0.563. The Morgan fingerprint density at radius 2 is 1.86 bits per heavy atom. The van der Waals surface area contributed by atoms with E-state index in [2.05, 4.69) is 29.0 Å². The molecule has 0 bridgehead atoms. The first-order valence-electron chi connectivity index (χ1n) is 7.45. The van der Waals surface area contributed by atoms with Crippen LogP contribution in [-0.2, 0) is 4.74 Å². The van der Waals surface area contributed by atoms with E-state index in [1.807, 2.05) is 18.2 Å². The highest BCUT2D eigenvalue weighted by Gasteiger charge is 2.16. The Bertz CT molecular complexity index is 587. The van der Waals surface area contributed by atoms with E-state index in [1.165, 1.54) is 4.90 Å². The van der Waals surface area contributed by atoms with Crippen LogP contribution in [-0.4, -0.2) is 22.5 Å². The number of nitrogens with zero attached hydrogens (tertiary/aromatic N) is 2. The molecule has 116 valence electrons. The number of benzene rings is 1. The van der Waals surface area contributed by atoms with Crippen LogP contribution >= 0.6 is 11.8 Å². The van der Waals surface area contributed by atoms with Crippen molar-refractivity contribution in [2.75, 3.05) is 6.61 Å². The molecular weight excluding hydrogens is 296 g/mol. The van der Waals surface area contributed by atoms with Gasteiger partial charge in [0.05, 0.1) is 17.4 Å². The second-order valence-corrected chi connectivity index (χ2v) is 6.03. The monoisotopic (exact) mass is 316 g/mol. The Kier molecular flexibility index (Phi) is 6.40. The Balaban J connectivity index is 2.13. The first kappa shape index (κ1) is 16.5. The fourth-order valence-corrected chi connectivity index (χ4v) is 3.21. The number of hydrogen-bond acceptors (Lipinski definition) is 5. The van der Waals surface area contributed by atoms with Crippen LogP contribution in [0, 0.1) is 0 Å². The molecule has 0 aliphatic carbocycles. The zero-order chi connectivity index (χ0) is 15.8. The number of carbonyl (C=O) groups is 1. The van der Waals surface area contributed by atoms with E-state index in [4.69, 9.17) is 4.74 Å². The summed E-state index contributed by atoms with van der Waals surface area (Å²) >= 11 is 1.75. The molecule has 0 amide bonds. The van der Waals surface area contributed by atoms with Crippen LogP contribution in [0.1, 0.15) is 48.1 Å². The van der Waals surface area contributed by atoms with Gasteiger partial charge in [-0.1, -0.05) is 31.5 Å². The Morgan fingerprint density at radius 1 is 1.18 bits per heavy atom. The van der Waals surface area contributed by atoms with Gasteiger partial charge in [-0.2, -0.15) is 0 Å². The summed E-state index contributed by atoms with van der Waals surface area (Å²) in [4.78, 5) is 21.6. The van der Waals surface area contributed by atoms with Crippen LogP contribution < -0.4 is 0 Å². The van der Waals surface area contributed by atoms with Gasteiger partial charge in [-0.15, -0.1) is 11.8 Å². The van der Waals surface area contributed by atoms with Crippen LogP contribution in [0.4, 0.5) is 0 Å². The maximum absolute atomic E-state index is 11.6. The summed E-state index contributed by atoms with van der Waals surface area (Å²) in [5, 5.41) is 0.184. The molecule has 0 aliphatic heterocycles. The summed E-state index contributed by atoms with van der Waals surface area (Å²) in [6.45, 7) is 4.27. The van der Waals surface area contributed by atoms with Gasteiger partial charge in [0, 0.05) is 17.3 Å². The van der Waals surface area contributed by atoms with Gasteiger partial charge in [-0.25, -0.2) is 14.8 Å². The fraction of sp³-hybridized carbons (Fsp3) is 0.353. The molecule has 1 unspecified atom stereocenters. The van der Waals surface area contributed by atoms with Crippen LogP contribution in [0.5, 0.6) is 0 Å². The van der Waals surface area contributed by atoms with E-state index < -0.39 is 0 Å². The van der Waals surface area contributed by atoms with E-state index in [9.17, 15) is 4.79 Å². The topological polar surface area (TPSA) is 52.1 Å². The average molecular weight is 316 g/mol. The summed E-state index contributed by atoms with van der Waals surface area (Å²) in [5.74, 6) is 0.376. The number of ether oxygens (including phenoxy) is 1. The number of rotatable bonds is 7. The molecule has 5 heteroatoms. The third-order valence-corrected chi connectivity index (χ3v) is 4.32. The standard InChI is InChI=1S/C17H20N2O2S/c1-3-8-15(22-14-9-6-5-7-10-14)16-18-11-13(12-19-16)17(20)21-4-2/h5-7,9-12,15H,3-4,8H2,1-2H3. The summed E-state index contributed by atoms with van der Waals surface area (Å²) < 4.78 is 4.95. The summed E-state index contributed by atoms with van der Waals surface area (Å²) in [5.41, 5.74) is 0.394. The predicted octanol–water partition coefficient (Wildman–Crippen LogP) is 4.29. The Hall–Kier alpha value is -1.88. The van der Waals surface area contributed by atoms with Crippen molar-refractivity contribution < 1.29 is 9.53 Å². The summed E-state index contributed by atoms with van der Waals surface area (Å²) in [6.07, 6.45) is 5.13. The number of hydrogen-bond donors (Lipinski definition) is 0. The molecule has 0 spiro atoms. The van der Waals surface area contributed by atoms with Crippen molar-refractivity contribution in [1.82, 2.24) is 9.97 Å². The summed E-state index contributed by atoms with van der Waals surface area (Å²) in [6, 6.07) is 10.2. The maximum atomic E-state index is 11.6. The molecule has 0 radical (unpaired) electrons. The number of aromatic nitrogens is 2. The lowest BCUT2D eigenvalue weighted by Gasteiger charge is -2.14. The van der Waals surface area contributed by atoms with E-state index >= 15 is 0 Å². The molecule has 4 nitrogen and oxygen atoms in total. The van der Waals surface area contributed by atoms with Crippen LogP contribution in [0.15, 0.2) is 47.6 Å². The van der Waals surface area contributed by atoms with E-state index in [0.717, 1.165) is 18.7 Å². The molecule has 2 rings (SSSR count). The van der Waals surface area contributed by atoms with Crippen molar-refractivity contribution in [1.29, 1.82) is 0 Å². The predicted molar refractivity (Wildman–Crippen MR) is 87.9 cm³/mol. The zero-order valence-electron chi connectivity index (χ0n) is 12.9. The highest BCUT2D eigenvalue weighted by Crippen LogP contribution is 2.36. The Morgan fingerprint density at radius 3 is 2.45 bits per heavy atom. The van der Waals surface area contributed by atoms with Gasteiger partial charge < -0.3 is 4.74 Å². The van der Waals surface area contributed by atoms with Crippen LogP contribution in [0.25, 0.3) is 0 Å². The molecule has 1 aromatic heterocycles. The SMILES string of the molecule is CCCC(Sc1ccccc1)c1ncc(C(=O)OCC)cn1. The highest BCUT2D eigenvalue weighted by molar-refractivity contribution is 7.99. The van der Waals surface area contributed by atoms with Crippen molar-refractivity contribution in [3.63, 3.8) is 0 Å². The molecular formula is C17H20N2O2S. The molecule has 2 aromatic rings. The van der Waals surface area contributed by atoms with E-state index in [1.54, 1.807) is 31.1 Å². The van der Waals surface area contributed by atoms with Gasteiger partial charge in [-0.05, 0) is 25.5 Å². The molecule has 0 saturated heterocycles. The molecule has 1 aromatic carbocycles. The van der Waals surface area contributed by atoms with Gasteiger partial charge in [-0.3, -0.25) is 0 Å². The van der Waals surface area contributed by atoms with Gasteiger partial charge in [0.25, 0.3) is 0 Å². The maximum Gasteiger partial charge on any atom is 0.341 e. The lowest BCUT2D eigenvalue weighted by Crippen LogP contribution is -2.08. The second kappa shape index (κ2) is 8.54. The molecule has 1 atom stereocenters. The number of esters is 1. The molecule has 0 N–H and O–H groups in total. The number of carbonyl (C=O) groups excluding carboxylic acids is 1. The van der Waals surface area contributed by atoms with Gasteiger partial charge >= 0.3 is 5.97 Å². The normalized spacial score (nSPS) is 11.9. The van der Waals surface area contributed by atoms with Crippen LogP contribution in [0.3, 0.4) is 0 Å². The van der Waals surface area contributed by atoms with Gasteiger partial charge in [0.2, 0.25) is 0 Å². The first-order valence-corrected chi connectivity index (χ1v) is 8.33. The molecule has 0 aliphatic rings. The zero-order valence-corrected chi connectivity index (χ0v) is 13.7. The minimum absolute atomic E-state index is 0.184. The van der Waals surface area contributed by atoms with Crippen molar-refractivity contribution >= 4 is 17.7 Å². The van der Waals surface area contributed by atoms with E-state index in [0.29, 0.717) is 12.2 Å². The molecule has 22 heavy (non-hydrogen) atoms. The van der Waals surface area contributed by atoms with Crippen molar-refractivity contribution in [3.05, 3.63) is 54.1 Å². The van der Waals surface area contributed by atoms with Crippen LogP contribution in [0.2, 0.25) is 0 Å². The van der Waals surface area contributed by atoms with E-state index in [-0.39, 0.29) is 11.2 Å². The highest BCUT2D eigenvalue weighted by atomic mass is 32.2. The van der Waals surface area contributed by atoms with Crippen molar-refractivity contribution in [2.45, 2.75) is 36.8 Å². The molecule has 0 fully saturated rings. The number of thioether (sulfide) groups is 1. The Labute approximate surface area is 135 Å².